The molecule has 3 N–H and O–H groups in total. The zero-order valence-corrected chi connectivity index (χ0v) is 13.2. The Bertz CT molecular complexity index is 590. The Hall–Kier alpha value is -1.50. The van der Waals surface area contributed by atoms with Gasteiger partial charge in [-0.15, -0.1) is 11.3 Å². The van der Waals surface area contributed by atoms with Crippen LogP contribution in [0.1, 0.15) is 16.9 Å². The molecule has 1 saturated heterocycles. The van der Waals surface area contributed by atoms with E-state index in [9.17, 15) is 4.39 Å². The molecule has 0 bridgehead atoms. The summed E-state index contributed by atoms with van der Waals surface area (Å²) in [5, 5.41) is 5.46. The lowest BCUT2D eigenvalue weighted by atomic mass is 10.2. The van der Waals surface area contributed by atoms with Gasteiger partial charge in [-0.3, -0.25) is 4.90 Å². The summed E-state index contributed by atoms with van der Waals surface area (Å²) in [7, 11) is 0. The second-order valence-corrected chi connectivity index (χ2v) is 6.71. The van der Waals surface area contributed by atoms with E-state index in [1.54, 1.807) is 17.5 Å². The fourth-order valence-corrected chi connectivity index (χ4v) is 3.63. The first-order valence-corrected chi connectivity index (χ1v) is 8.41. The molecule has 0 aliphatic carbocycles. The van der Waals surface area contributed by atoms with Gasteiger partial charge in [0.2, 0.25) is 0 Å². The highest BCUT2D eigenvalue weighted by Crippen LogP contribution is 2.24. The topological polar surface area (TPSA) is 54.2 Å². The van der Waals surface area contributed by atoms with E-state index < -0.39 is 6.17 Å². The number of rotatable bonds is 6. The molecule has 0 aromatic carbocycles. The van der Waals surface area contributed by atoms with Crippen molar-refractivity contribution in [2.75, 3.05) is 18.8 Å². The molecule has 0 spiro atoms. The molecule has 3 heterocycles. The van der Waals surface area contributed by atoms with Crippen LogP contribution in [-0.2, 0) is 13.1 Å². The third-order valence-electron chi connectivity index (χ3n) is 4.04. The van der Waals surface area contributed by atoms with Crippen molar-refractivity contribution in [2.45, 2.75) is 31.7 Å². The van der Waals surface area contributed by atoms with E-state index in [2.05, 4.69) is 26.6 Å². The van der Waals surface area contributed by atoms with Gasteiger partial charge >= 0.3 is 0 Å². The van der Waals surface area contributed by atoms with Crippen molar-refractivity contribution in [1.29, 1.82) is 0 Å². The molecule has 1 fully saturated rings. The minimum atomic E-state index is -0.727. The summed E-state index contributed by atoms with van der Waals surface area (Å²) in [5.41, 5.74) is 6.82. The molecule has 4 nitrogen and oxygen atoms in total. The molecule has 118 valence electrons. The highest BCUT2D eigenvalue weighted by atomic mass is 32.1. The van der Waals surface area contributed by atoms with E-state index in [0.717, 1.165) is 18.7 Å². The SMILES string of the molecule is Nc1ncccc1CNC[C@@H]1C[C@H](F)CN1Cc1cccs1. The first-order chi connectivity index (χ1) is 10.7. The van der Waals surface area contributed by atoms with Crippen LogP contribution in [-0.4, -0.2) is 35.2 Å². The maximum atomic E-state index is 13.8. The third-order valence-corrected chi connectivity index (χ3v) is 4.90. The summed E-state index contributed by atoms with van der Waals surface area (Å²) in [6.45, 7) is 2.79. The minimum absolute atomic E-state index is 0.231. The van der Waals surface area contributed by atoms with E-state index in [1.165, 1.54) is 4.88 Å². The Balaban J connectivity index is 1.53. The summed E-state index contributed by atoms with van der Waals surface area (Å²) >= 11 is 1.73. The first-order valence-electron chi connectivity index (χ1n) is 7.53. The lowest BCUT2D eigenvalue weighted by molar-refractivity contribution is 0.232. The lowest BCUT2D eigenvalue weighted by Gasteiger charge is -2.23. The molecule has 0 unspecified atom stereocenters. The monoisotopic (exact) mass is 320 g/mol. The predicted molar refractivity (Wildman–Crippen MR) is 88.4 cm³/mol. The predicted octanol–water partition coefficient (Wildman–Crippen LogP) is 2.43. The van der Waals surface area contributed by atoms with E-state index >= 15 is 0 Å². The highest BCUT2D eigenvalue weighted by molar-refractivity contribution is 7.09. The number of hydrogen-bond acceptors (Lipinski definition) is 5. The van der Waals surface area contributed by atoms with Gasteiger partial charge in [0.1, 0.15) is 12.0 Å². The van der Waals surface area contributed by atoms with Crippen molar-refractivity contribution in [1.82, 2.24) is 15.2 Å². The van der Waals surface area contributed by atoms with Crippen LogP contribution >= 0.6 is 11.3 Å². The number of hydrogen-bond donors (Lipinski definition) is 2. The summed E-state index contributed by atoms with van der Waals surface area (Å²) in [6.07, 6.45) is 1.56. The number of aromatic nitrogens is 1. The van der Waals surface area contributed by atoms with Gasteiger partial charge in [-0.1, -0.05) is 12.1 Å². The summed E-state index contributed by atoms with van der Waals surface area (Å²) < 4.78 is 13.8. The second kappa shape index (κ2) is 7.17. The highest BCUT2D eigenvalue weighted by Gasteiger charge is 2.31. The van der Waals surface area contributed by atoms with Crippen LogP contribution in [0.15, 0.2) is 35.8 Å². The van der Waals surface area contributed by atoms with Gasteiger partial charge in [0.15, 0.2) is 0 Å². The van der Waals surface area contributed by atoms with Crippen molar-refractivity contribution in [3.8, 4) is 0 Å². The number of nitrogens with one attached hydrogen (secondary N) is 1. The van der Waals surface area contributed by atoms with Gasteiger partial charge in [-0.25, -0.2) is 9.37 Å². The van der Waals surface area contributed by atoms with E-state index in [4.69, 9.17) is 5.73 Å². The molecular formula is C16H21FN4S. The van der Waals surface area contributed by atoms with Crippen LogP contribution in [0.2, 0.25) is 0 Å². The number of halogens is 1. The van der Waals surface area contributed by atoms with Gasteiger partial charge in [-0.05, 0) is 23.9 Å². The molecule has 22 heavy (non-hydrogen) atoms. The lowest BCUT2D eigenvalue weighted by Crippen LogP contribution is -2.37. The maximum absolute atomic E-state index is 13.8. The Morgan fingerprint density at radius 3 is 3.09 bits per heavy atom. The van der Waals surface area contributed by atoms with Crippen LogP contribution in [0.25, 0.3) is 0 Å². The fourth-order valence-electron chi connectivity index (χ4n) is 2.90. The first kappa shape index (κ1) is 15.4. The molecule has 3 rings (SSSR count). The van der Waals surface area contributed by atoms with Crippen LogP contribution in [0, 0.1) is 0 Å². The van der Waals surface area contributed by atoms with Gasteiger partial charge < -0.3 is 11.1 Å². The second-order valence-electron chi connectivity index (χ2n) is 5.67. The number of thiophene rings is 1. The van der Waals surface area contributed by atoms with Gasteiger partial charge in [0.05, 0.1) is 0 Å². The Morgan fingerprint density at radius 1 is 1.41 bits per heavy atom. The quantitative estimate of drug-likeness (QED) is 0.858. The summed E-state index contributed by atoms with van der Waals surface area (Å²) in [4.78, 5) is 7.60. The Morgan fingerprint density at radius 2 is 2.32 bits per heavy atom. The van der Waals surface area contributed by atoms with Crippen molar-refractivity contribution in [3.63, 3.8) is 0 Å². The Labute approximate surface area is 134 Å². The van der Waals surface area contributed by atoms with Crippen molar-refractivity contribution in [2.24, 2.45) is 0 Å². The molecule has 6 heteroatoms. The van der Waals surface area contributed by atoms with Gasteiger partial charge in [-0.2, -0.15) is 0 Å². The zero-order chi connectivity index (χ0) is 15.4. The number of alkyl halides is 1. The Kier molecular flexibility index (Phi) is 5.02. The molecule has 2 aromatic rings. The number of nitrogens with two attached hydrogens (primary N) is 1. The van der Waals surface area contributed by atoms with E-state index in [-0.39, 0.29) is 6.04 Å². The molecule has 0 radical (unpaired) electrons. The third kappa shape index (κ3) is 3.82. The van der Waals surface area contributed by atoms with Crippen LogP contribution in [0.3, 0.4) is 0 Å². The maximum Gasteiger partial charge on any atom is 0.127 e. The van der Waals surface area contributed by atoms with Crippen LogP contribution in [0.5, 0.6) is 0 Å². The zero-order valence-electron chi connectivity index (χ0n) is 12.4. The molecule has 2 atom stereocenters. The van der Waals surface area contributed by atoms with Crippen molar-refractivity contribution >= 4 is 17.2 Å². The summed E-state index contributed by atoms with van der Waals surface area (Å²) in [6, 6.07) is 8.23. The van der Waals surface area contributed by atoms with Crippen molar-refractivity contribution in [3.05, 3.63) is 46.3 Å². The van der Waals surface area contributed by atoms with E-state index in [1.807, 2.05) is 18.2 Å². The number of likely N-dealkylation sites (tertiary alicyclic amines) is 1. The summed E-state index contributed by atoms with van der Waals surface area (Å²) in [5.74, 6) is 0.556. The molecule has 1 aliphatic rings. The molecule has 1 aliphatic heterocycles. The number of nitrogens with zero attached hydrogens (tertiary/aromatic N) is 2. The van der Waals surface area contributed by atoms with Gasteiger partial charge in [0, 0.05) is 48.9 Å². The number of pyridine rings is 1. The standard InChI is InChI=1S/C16H21FN4S/c17-13-7-14(21(10-13)11-15-4-2-6-22-15)9-19-8-12-3-1-5-20-16(12)18/h1-6,13-14,19H,7-11H2,(H2,18,20)/t13-,14-/m0/s1. The number of nitrogen functional groups attached to an aromatic ring is 1. The minimum Gasteiger partial charge on any atom is -0.383 e. The smallest absolute Gasteiger partial charge is 0.127 e. The van der Waals surface area contributed by atoms with E-state index in [0.29, 0.717) is 25.3 Å². The average molecular weight is 320 g/mol. The molecule has 2 aromatic heterocycles. The average Bonchev–Trinajstić information content (AvgIpc) is 3.12. The van der Waals surface area contributed by atoms with Crippen molar-refractivity contribution < 1.29 is 4.39 Å². The normalized spacial score (nSPS) is 22.2. The van der Waals surface area contributed by atoms with Gasteiger partial charge in [0.25, 0.3) is 0 Å². The molecule has 0 amide bonds. The van der Waals surface area contributed by atoms with Crippen LogP contribution in [0.4, 0.5) is 10.2 Å². The van der Waals surface area contributed by atoms with Crippen LogP contribution < -0.4 is 11.1 Å². The largest absolute Gasteiger partial charge is 0.383 e. The molecular weight excluding hydrogens is 299 g/mol. The molecule has 0 saturated carbocycles. The number of anilines is 1. The fraction of sp³-hybridized carbons (Fsp3) is 0.438.